The molecule has 0 fully saturated rings. The number of halogens is 2. The van der Waals surface area contributed by atoms with Crippen LogP contribution < -0.4 is 16.4 Å². The molecule has 2 aromatic rings. The van der Waals surface area contributed by atoms with Gasteiger partial charge in [-0.05, 0) is 44.0 Å². The van der Waals surface area contributed by atoms with Crippen molar-refractivity contribution in [1.82, 2.24) is 0 Å². The summed E-state index contributed by atoms with van der Waals surface area (Å²) in [5.41, 5.74) is 5.78. The van der Waals surface area contributed by atoms with E-state index in [9.17, 15) is 14.0 Å². The number of benzene rings is 1. The molecule has 0 aliphatic carbocycles. The molecule has 0 radical (unpaired) electrons. The van der Waals surface area contributed by atoms with E-state index in [1.807, 2.05) is 13.8 Å². The average Bonchev–Trinajstić information content (AvgIpc) is 3.06. The lowest BCUT2D eigenvalue weighted by molar-refractivity contribution is -0.125. The van der Waals surface area contributed by atoms with Crippen LogP contribution in [0.4, 0.5) is 15.8 Å². The topological polar surface area (TPSA) is 97.4 Å². The number of nitrogens with two attached hydrogens (primary N) is 1. The van der Waals surface area contributed by atoms with Gasteiger partial charge in [0.2, 0.25) is 5.91 Å². The predicted molar refractivity (Wildman–Crippen MR) is 106 cm³/mol. The van der Waals surface area contributed by atoms with Crippen LogP contribution >= 0.6 is 12.4 Å². The molecule has 6 nitrogen and oxygen atoms in total. The number of hydrogen-bond acceptors (Lipinski definition) is 4. The van der Waals surface area contributed by atoms with E-state index in [0.717, 1.165) is 0 Å². The molecule has 1 aromatic heterocycles. The van der Waals surface area contributed by atoms with E-state index in [0.29, 0.717) is 29.9 Å². The molecule has 2 rings (SSSR count). The molecule has 0 aliphatic heterocycles. The highest BCUT2D eigenvalue weighted by atomic mass is 35.5. The zero-order valence-corrected chi connectivity index (χ0v) is 16.4. The molecule has 0 bridgehead atoms. The first-order valence-electron chi connectivity index (χ1n) is 8.53. The minimum Gasteiger partial charge on any atom is -0.469 e. The van der Waals surface area contributed by atoms with Gasteiger partial charge in [0.25, 0.3) is 5.91 Å². The van der Waals surface area contributed by atoms with Gasteiger partial charge in [-0.3, -0.25) is 9.59 Å². The van der Waals surface area contributed by atoms with Crippen LogP contribution in [0.3, 0.4) is 0 Å². The van der Waals surface area contributed by atoms with Gasteiger partial charge in [0.15, 0.2) is 0 Å². The normalized spacial score (nSPS) is 10.9. The molecule has 8 heteroatoms. The van der Waals surface area contributed by atoms with Crippen LogP contribution in [0.2, 0.25) is 0 Å². The summed E-state index contributed by atoms with van der Waals surface area (Å²) in [5, 5.41) is 5.27. The van der Waals surface area contributed by atoms with E-state index in [-0.39, 0.29) is 30.5 Å². The molecule has 0 atom stereocenters. The molecular formula is C19H25ClFN3O3. The van der Waals surface area contributed by atoms with Crippen LogP contribution in [0, 0.1) is 18.2 Å². The molecular weight excluding hydrogens is 373 g/mol. The van der Waals surface area contributed by atoms with E-state index in [2.05, 4.69) is 10.6 Å². The number of amides is 2. The first kappa shape index (κ1) is 22.7. The van der Waals surface area contributed by atoms with Crippen LogP contribution in [0.5, 0.6) is 0 Å². The first-order valence-corrected chi connectivity index (χ1v) is 8.53. The van der Waals surface area contributed by atoms with E-state index in [4.69, 9.17) is 10.2 Å². The second-order valence-electron chi connectivity index (χ2n) is 6.18. The lowest BCUT2D eigenvalue weighted by atomic mass is 9.81. The lowest BCUT2D eigenvalue weighted by Crippen LogP contribution is -2.41. The Morgan fingerprint density at radius 3 is 2.37 bits per heavy atom. The molecule has 0 saturated carbocycles. The van der Waals surface area contributed by atoms with E-state index < -0.39 is 17.1 Å². The van der Waals surface area contributed by atoms with Crippen LogP contribution in [0.15, 0.2) is 34.9 Å². The summed E-state index contributed by atoms with van der Waals surface area (Å²) in [5.74, 6) is -0.879. The second kappa shape index (κ2) is 9.53. The molecule has 1 heterocycles. The highest BCUT2D eigenvalue weighted by Gasteiger charge is 2.33. The van der Waals surface area contributed by atoms with Gasteiger partial charge in [-0.25, -0.2) is 4.39 Å². The van der Waals surface area contributed by atoms with Gasteiger partial charge in [0.05, 0.1) is 22.9 Å². The molecule has 0 spiro atoms. The Kier molecular flexibility index (Phi) is 7.99. The van der Waals surface area contributed by atoms with Gasteiger partial charge in [-0.2, -0.15) is 0 Å². The summed E-state index contributed by atoms with van der Waals surface area (Å²) in [6.45, 7) is 5.67. The Hall–Kier alpha value is -2.38. The summed E-state index contributed by atoms with van der Waals surface area (Å²) >= 11 is 0. The monoisotopic (exact) mass is 397 g/mol. The quantitative estimate of drug-likeness (QED) is 0.655. The van der Waals surface area contributed by atoms with Crippen LogP contribution in [0.1, 0.15) is 42.8 Å². The summed E-state index contributed by atoms with van der Waals surface area (Å²) in [6.07, 6.45) is 2.58. The standard InChI is InChI=1S/C19H24FN3O3.ClH/c1-4-19(5-2,11-21)18(25)22-13-6-7-15(20)16(10-13)23-17(24)14-8-9-26-12(14)3;/h6-10H,4-5,11,21H2,1-3H3,(H,22,25)(H,23,24);1H. The number of hydrogen-bond donors (Lipinski definition) is 3. The summed E-state index contributed by atoms with van der Waals surface area (Å²) in [7, 11) is 0. The molecule has 27 heavy (non-hydrogen) atoms. The second-order valence-corrected chi connectivity index (χ2v) is 6.18. The maximum absolute atomic E-state index is 14.1. The van der Waals surface area contributed by atoms with E-state index in [1.165, 1.54) is 30.5 Å². The zero-order chi connectivity index (χ0) is 19.3. The highest BCUT2D eigenvalue weighted by Crippen LogP contribution is 2.28. The van der Waals surface area contributed by atoms with Crippen molar-refractivity contribution in [3.8, 4) is 0 Å². The average molecular weight is 398 g/mol. The SMILES string of the molecule is CCC(CC)(CN)C(=O)Nc1ccc(F)c(NC(=O)c2ccoc2C)c1.Cl. The number of carbonyl (C=O) groups is 2. The van der Waals surface area contributed by atoms with Crippen molar-refractivity contribution in [2.24, 2.45) is 11.1 Å². The smallest absolute Gasteiger partial charge is 0.259 e. The fourth-order valence-corrected chi connectivity index (χ4v) is 2.73. The van der Waals surface area contributed by atoms with Crippen molar-refractivity contribution in [1.29, 1.82) is 0 Å². The third-order valence-electron chi connectivity index (χ3n) is 4.80. The van der Waals surface area contributed by atoms with Crippen LogP contribution in [-0.2, 0) is 4.79 Å². The van der Waals surface area contributed by atoms with Gasteiger partial charge >= 0.3 is 0 Å². The first-order chi connectivity index (χ1) is 12.4. The summed E-state index contributed by atoms with van der Waals surface area (Å²) < 4.78 is 19.2. The van der Waals surface area contributed by atoms with Crippen molar-refractivity contribution in [2.45, 2.75) is 33.6 Å². The maximum atomic E-state index is 14.1. The van der Waals surface area contributed by atoms with Gasteiger partial charge in [-0.1, -0.05) is 13.8 Å². The molecule has 4 N–H and O–H groups in total. The Balaban J connectivity index is 0.00000364. The van der Waals surface area contributed by atoms with Crippen molar-refractivity contribution < 1.29 is 18.4 Å². The molecule has 2 amide bonds. The molecule has 148 valence electrons. The summed E-state index contributed by atoms with van der Waals surface area (Å²) in [4.78, 5) is 24.8. The summed E-state index contributed by atoms with van der Waals surface area (Å²) in [6, 6.07) is 5.52. The Labute approximate surface area is 164 Å². The third kappa shape index (κ3) is 4.87. The van der Waals surface area contributed by atoms with Gasteiger partial charge < -0.3 is 20.8 Å². The Morgan fingerprint density at radius 2 is 1.85 bits per heavy atom. The molecule has 0 saturated heterocycles. The Bertz CT molecular complexity index is 795. The number of carbonyl (C=O) groups excluding carboxylic acids is 2. The van der Waals surface area contributed by atoms with Crippen molar-refractivity contribution in [2.75, 3.05) is 17.2 Å². The minimum atomic E-state index is -0.675. The fraction of sp³-hybridized carbons (Fsp3) is 0.368. The third-order valence-corrected chi connectivity index (χ3v) is 4.80. The van der Waals surface area contributed by atoms with Crippen molar-refractivity contribution in [3.63, 3.8) is 0 Å². The number of nitrogens with one attached hydrogen (secondary N) is 2. The Morgan fingerprint density at radius 1 is 1.19 bits per heavy atom. The van der Waals surface area contributed by atoms with E-state index >= 15 is 0 Å². The number of aryl methyl sites for hydroxylation is 1. The maximum Gasteiger partial charge on any atom is 0.259 e. The van der Waals surface area contributed by atoms with Crippen LogP contribution in [0.25, 0.3) is 0 Å². The van der Waals surface area contributed by atoms with E-state index in [1.54, 1.807) is 6.92 Å². The number of rotatable bonds is 7. The van der Waals surface area contributed by atoms with Gasteiger partial charge in [0, 0.05) is 12.2 Å². The highest BCUT2D eigenvalue weighted by molar-refractivity contribution is 6.05. The minimum absolute atomic E-state index is 0. The molecule has 0 aliphatic rings. The number of anilines is 2. The predicted octanol–water partition coefficient (Wildman–Crippen LogP) is 4.10. The zero-order valence-electron chi connectivity index (χ0n) is 15.6. The fourth-order valence-electron chi connectivity index (χ4n) is 2.73. The van der Waals surface area contributed by atoms with Crippen molar-refractivity contribution >= 4 is 35.6 Å². The molecule has 1 aromatic carbocycles. The van der Waals surface area contributed by atoms with Crippen LogP contribution in [-0.4, -0.2) is 18.4 Å². The molecule has 0 unspecified atom stereocenters. The number of furan rings is 1. The van der Waals surface area contributed by atoms with Crippen molar-refractivity contribution in [3.05, 3.63) is 47.7 Å². The lowest BCUT2D eigenvalue weighted by Gasteiger charge is -2.28. The largest absolute Gasteiger partial charge is 0.469 e. The van der Waals surface area contributed by atoms with Gasteiger partial charge in [-0.15, -0.1) is 12.4 Å². The van der Waals surface area contributed by atoms with Gasteiger partial charge in [0.1, 0.15) is 11.6 Å².